The highest BCUT2D eigenvalue weighted by Gasteiger charge is 2.52. The molecule has 4 heterocycles. The highest BCUT2D eigenvalue weighted by molar-refractivity contribution is 5.75. The van der Waals surface area contributed by atoms with Gasteiger partial charge in [0.15, 0.2) is 0 Å². The van der Waals surface area contributed by atoms with Crippen molar-refractivity contribution in [1.82, 2.24) is 34.7 Å². The predicted molar refractivity (Wildman–Crippen MR) is 205 cm³/mol. The molecular formula is C40H71N7O3. The molecule has 0 radical (unpaired) electrons. The molecule has 0 saturated carbocycles. The van der Waals surface area contributed by atoms with Gasteiger partial charge in [-0.2, -0.15) is 0 Å². The van der Waals surface area contributed by atoms with Gasteiger partial charge in [-0.25, -0.2) is 9.59 Å². The van der Waals surface area contributed by atoms with Crippen molar-refractivity contribution in [1.29, 1.82) is 0 Å². The molecule has 2 N–H and O–H groups in total. The van der Waals surface area contributed by atoms with Gasteiger partial charge in [-0.1, -0.05) is 51.1 Å². The van der Waals surface area contributed by atoms with Crippen molar-refractivity contribution in [2.75, 3.05) is 86.1 Å². The number of aryl methyl sites for hydroxylation is 1. The van der Waals surface area contributed by atoms with E-state index < -0.39 is 6.09 Å². The summed E-state index contributed by atoms with van der Waals surface area (Å²) in [4.78, 5) is 38.2. The molecule has 4 aliphatic heterocycles. The van der Waals surface area contributed by atoms with Crippen molar-refractivity contribution in [3.8, 4) is 0 Å². The van der Waals surface area contributed by atoms with Crippen molar-refractivity contribution < 1.29 is 14.7 Å². The Balaban J connectivity index is 0.000000263. The van der Waals surface area contributed by atoms with Crippen LogP contribution in [0, 0.1) is 11.3 Å². The van der Waals surface area contributed by atoms with Gasteiger partial charge < -0.3 is 30.0 Å². The third-order valence-electron chi connectivity index (χ3n) is 12.1. The first kappa shape index (κ1) is 40.4. The molecule has 10 nitrogen and oxygen atoms in total. The zero-order chi connectivity index (χ0) is 36.7. The Hall–Kier alpha value is -2.40. The van der Waals surface area contributed by atoms with Crippen LogP contribution in [-0.2, 0) is 6.42 Å². The summed E-state index contributed by atoms with van der Waals surface area (Å²) in [7, 11) is 4.38. The number of unbranched alkanes of at least 4 members (excludes halogenated alkanes) is 1. The Morgan fingerprint density at radius 2 is 1.34 bits per heavy atom. The lowest BCUT2D eigenvalue weighted by atomic mass is 9.63. The summed E-state index contributed by atoms with van der Waals surface area (Å²) in [6, 6.07) is 11.8. The number of nitrogens with one attached hydrogen (secondary N) is 1. The summed E-state index contributed by atoms with van der Waals surface area (Å²) in [5, 5.41) is 12.4. The highest BCUT2D eigenvalue weighted by Crippen LogP contribution is 2.46. The minimum Gasteiger partial charge on any atom is -0.465 e. The normalized spacial score (nSPS) is 26.9. The van der Waals surface area contributed by atoms with E-state index in [1.807, 2.05) is 13.8 Å². The summed E-state index contributed by atoms with van der Waals surface area (Å²) >= 11 is 0. The number of piperidine rings is 2. The summed E-state index contributed by atoms with van der Waals surface area (Å²) in [6.45, 7) is 27.0. The number of nitrogens with zero attached hydrogens (tertiary/aromatic N) is 6. The number of hydrogen-bond acceptors (Lipinski definition) is 6. The molecule has 1 aromatic carbocycles. The molecule has 4 saturated heterocycles. The molecule has 4 aliphatic rings. The standard InChI is InChI=1S/C27H46N4O.C13H25N3O2/c1-26(2,3)24-23(30-20-18-29(6)19-21-30)15-17-31(27(24,4)5)25(32)28-16-11-10-14-22-12-8-7-9-13-22;1-13(2)10-11(4-5-16(13)12(17)18)15-8-6-14(3)7-9-15/h7-9,12-13,23-24H,10-11,14-21H2,1-6H3,(H,28,32);11H,4-10H2,1-3H3,(H,17,18). The van der Waals surface area contributed by atoms with Crippen molar-refractivity contribution in [3.63, 3.8) is 0 Å². The van der Waals surface area contributed by atoms with Gasteiger partial charge in [-0.15, -0.1) is 0 Å². The van der Waals surface area contributed by atoms with E-state index in [1.54, 1.807) is 4.90 Å². The number of urea groups is 1. The van der Waals surface area contributed by atoms with Crippen LogP contribution in [0.5, 0.6) is 0 Å². The second-order valence-electron chi connectivity index (χ2n) is 17.8. The molecular weight excluding hydrogens is 626 g/mol. The molecule has 0 aliphatic carbocycles. The van der Waals surface area contributed by atoms with Crippen LogP contribution in [0.3, 0.4) is 0 Å². The van der Waals surface area contributed by atoms with E-state index in [0.29, 0.717) is 24.5 Å². The Bertz CT molecular complexity index is 1200. The monoisotopic (exact) mass is 698 g/mol. The molecule has 0 spiro atoms. The van der Waals surface area contributed by atoms with E-state index in [0.717, 1.165) is 104 Å². The maximum absolute atomic E-state index is 13.2. The number of carbonyl (C=O) groups excluding carboxylic acids is 1. The molecule has 3 amide bonds. The number of carboxylic acid groups (broad SMARTS) is 1. The number of piperazine rings is 2. The van der Waals surface area contributed by atoms with Crippen LogP contribution in [0.15, 0.2) is 30.3 Å². The average Bonchev–Trinajstić information content (AvgIpc) is 3.04. The SMILES string of the molecule is CN1CCN(C2CCN(C(=O)NCCCCc3ccccc3)C(C)(C)C2C(C)(C)C)CC1.CN1CCN(C2CCN(C(=O)O)C(C)(C)C2)CC1. The van der Waals surface area contributed by atoms with Crippen LogP contribution in [0.1, 0.15) is 86.1 Å². The van der Waals surface area contributed by atoms with E-state index in [9.17, 15) is 14.7 Å². The number of likely N-dealkylation sites (N-methyl/N-ethyl adjacent to an activating group) is 2. The van der Waals surface area contributed by atoms with Crippen molar-refractivity contribution in [2.24, 2.45) is 11.3 Å². The second kappa shape index (κ2) is 17.4. The van der Waals surface area contributed by atoms with Crippen LogP contribution in [0.4, 0.5) is 9.59 Å². The maximum atomic E-state index is 13.2. The van der Waals surface area contributed by atoms with Gasteiger partial charge in [0.1, 0.15) is 0 Å². The fourth-order valence-electron chi connectivity index (χ4n) is 9.51. The lowest BCUT2D eigenvalue weighted by molar-refractivity contribution is -0.0725. The lowest BCUT2D eigenvalue weighted by Crippen LogP contribution is -2.68. The summed E-state index contributed by atoms with van der Waals surface area (Å²) in [5.41, 5.74) is 1.09. The molecule has 4 fully saturated rings. The van der Waals surface area contributed by atoms with Crippen molar-refractivity contribution in [2.45, 2.75) is 110 Å². The smallest absolute Gasteiger partial charge is 0.407 e. The first-order valence-corrected chi connectivity index (χ1v) is 19.5. The largest absolute Gasteiger partial charge is 0.465 e. The average molecular weight is 698 g/mol. The van der Waals surface area contributed by atoms with Gasteiger partial charge >= 0.3 is 12.1 Å². The van der Waals surface area contributed by atoms with E-state index in [2.05, 4.69) is 109 Å². The van der Waals surface area contributed by atoms with Gasteiger partial charge in [0, 0.05) is 101 Å². The number of carbonyl (C=O) groups is 2. The fourth-order valence-corrected chi connectivity index (χ4v) is 9.51. The van der Waals surface area contributed by atoms with Crippen LogP contribution in [0.2, 0.25) is 0 Å². The minimum atomic E-state index is -0.781. The number of hydrogen-bond donors (Lipinski definition) is 2. The van der Waals surface area contributed by atoms with E-state index >= 15 is 0 Å². The molecule has 284 valence electrons. The molecule has 0 aromatic heterocycles. The van der Waals surface area contributed by atoms with Crippen molar-refractivity contribution >= 4 is 12.1 Å². The van der Waals surface area contributed by atoms with Crippen LogP contribution < -0.4 is 5.32 Å². The van der Waals surface area contributed by atoms with Gasteiger partial charge in [-0.3, -0.25) is 9.80 Å². The third-order valence-corrected chi connectivity index (χ3v) is 12.1. The molecule has 3 atom stereocenters. The number of amides is 3. The number of rotatable bonds is 7. The van der Waals surface area contributed by atoms with Gasteiger partial charge in [0.05, 0.1) is 0 Å². The Morgan fingerprint density at radius 3 is 1.88 bits per heavy atom. The minimum absolute atomic E-state index is 0.112. The Labute approximate surface area is 304 Å². The van der Waals surface area contributed by atoms with Crippen LogP contribution >= 0.6 is 0 Å². The molecule has 1 aromatic rings. The van der Waals surface area contributed by atoms with Crippen LogP contribution in [-0.4, -0.2) is 156 Å². The van der Waals surface area contributed by atoms with E-state index in [-0.39, 0.29) is 22.5 Å². The molecule has 0 bridgehead atoms. The Kier molecular flexibility index (Phi) is 14.1. The number of likely N-dealkylation sites (tertiary alicyclic amines) is 2. The zero-order valence-electron chi connectivity index (χ0n) is 33.1. The topological polar surface area (TPSA) is 85.8 Å². The third kappa shape index (κ3) is 10.6. The summed E-state index contributed by atoms with van der Waals surface area (Å²) in [5.74, 6) is 0.427. The molecule has 5 rings (SSSR count). The fraction of sp³-hybridized carbons (Fsp3) is 0.800. The molecule has 3 unspecified atom stereocenters. The van der Waals surface area contributed by atoms with Crippen molar-refractivity contribution in [3.05, 3.63) is 35.9 Å². The quantitative estimate of drug-likeness (QED) is 0.357. The second-order valence-corrected chi connectivity index (χ2v) is 17.8. The predicted octanol–water partition coefficient (Wildman–Crippen LogP) is 5.64. The Morgan fingerprint density at radius 1 is 0.780 bits per heavy atom. The highest BCUT2D eigenvalue weighted by atomic mass is 16.4. The van der Waals surface area contributed by atoms with E-state index in [4.69, 9.17) is 0 Å². The summed E-state index contributed by atoms with van der Waals surface area (Å²) < 4.78 is 0. The zero-order valence-corrected chi connectivity index (χ0v) is 33.1. The van der Waals surface area contributed by atoms with Gasteiger partial charge in [0.25, 0.3) is 0 Å². The molecule has 10 heteroatoms. The maximum Gasteiger partial charge on any atom is 0.407 e. The van der Waals surface area contributed by atoms with Gasteiger partial charge in [-0.05, 0) is 91.3 Å². The van der Waals surface area contributed by atoms with Gasteiger partial charge in [0.2, 0.25) is 0 Å². The van der Waals surface area contributed by atoms with E-state index in [1.165, 1.54) is 5.56 Å². The summed E-state index contributed by atoms with van der Waals surface area (Å²) in [6.07, 6.45) is 5.39. The van der Waals surface area contributed by atoms with Crippen LogP contribution in [0.25, 0.3) is 0 Å². The first-order valence-electron chi connectivity index (χ1n) is 19.5. The first-order chi connectivity index (χ1) is 23.5. The molecule has 50 heavy (non-hydrogen) atoms. The lowest BCUT2D eigenvalue weighted by Gasteiger charge is -2.58. The number of benzene rings is 1.